The normalized spacial score (nSPS) is 17.9. The van der Waals surface area contributed by atoms with Gasteiger partial charge in [0, 0.05) is 16.3 Å². The molecule has 2 aliphatic heterocycles. The van der Waals surface area contributed by atoms with Gasteiger partial charge in [-0.2, -0.15) is 0 Å². The molecule has 0 aliphatic carbocycles. The Morgan fingerprint density at radius 3 is 2.60 bits per heavy atom. The lowest BCUT2D eigenvalue weighted by Crippen LogP contribution is -2.29. The summed E-state index contributed by atoms with van der Waals surface area (Å²) in [6.45, 7) is 2.82. The number of halogens is 1. The number of carbonyl (C=O) groups excluding carboxylic acids is 2. The van der Waals surface area contributed by atoms with Gasteiger partial charge in [0.2, 0.25) is 5.13 Å². The third-order valence-electron chi connectivity index (χ3n) is 6.51. The van der Waals surface area contributed by atoms with E-state index in [1.165, 1.54) is 33.6 Å². The monoisotopic (exact) mass is 591 g/mol. The molecule has 4 aromatic rings. The molecule has 1 fully saturated rings. The molecule has 1 aromatic heterocycles. The zero-order chi connectivity index (χ0) is 27.8. The van der Waals surface area contributed by atoms with Crippen LogP contribution in [0, 0.1) is 6.92 Å². The van der Waals surface area contributed by atoms with Crippen LogP contribution in [-0.2, 0) is 15.3 Å². The first-order valence-corrected chi connectivity index (χ1v) is 14.6. The molecule has 3 heterocycles. The molecule has 0 saturated carbocycles. The molecule has 202 valence electrons. The van der Waals surface area contributed by atoms with Crippen LogP contribution in [0.1, 0.15) is 28.3 Å². The van der Waals surface area contributed by atoms with Crippen molar-refractivity contribution in [1.29, 1.82) is 0 Å². The van der Waals surface area contributed by atoms with Crippen LogP contribution >= 0.6 is 34.7 Å². The van der Waals surface area contributed by atoms with Crippen LogP contribution in [0.25, 0.3) is 5.76 Å². The van der Waals surface area contributed by atoms with Crippen LogP contribution in [0.5, 0.6) is 11.5 Å². The number of hydrogen-bond donors (Lipinski definition) is 1. The van der Waals surface area contributed by atoms with E-state index in [0.717, 1.165) is 5.56 Å². The molecule has 2 aliphatic rings. The summed E-state index contributed by atoms with van der Waals surface area (Å²) in [5.74, 6) is -0.310. The standard InChI is InChI=1S/C29H22ClN3O5S2/c1-16-5-7-17(8-6-16)15-39-29-32-31-28(40-29)33-24(18-3-2-4-20(30)13-18)23(26(35)27(33)36)25(34)19-9-10-21-22(14-19)38-12-11-37-21/h2-10,13-14,24,34H,11-12,15H2,1H3/t24-/m0/s1. The summed E-state index contributed by atoms with van der Waals surface area (Å²) in [5.41, 5.74) is 3.11. The molecular weight excluding hydrogens is 570 g/mol. The Kier molecular flexibility index (Phi) is 7.22. The van der Waals surface area contributed by atoms with Gasteiger partial charge in [0.1, 0.15) is 19.0 Å². The van der Waals surface area contributed by atoms with Crippen LogP contribution in [0.4, 0.5) is 5.13 Å². The van der Waals surface area contributed by atoms with Crippen molar-refractivity contribution < 1.29 is 24.2 Å². The summed E-state index contributed by atoms with van der Waals surface area (Å²) in [7, 11) is 0. The van der Waals surface area contributed by atoms with Gasteiger partial charge >= 0.3 is 5.91 Å². The van der Waals surface area contributed by atoms with Gasteiger partial charge in [-0.1, -0.05) is 76.7 Å². The molecule has 40 heavy (non-hydrogen) atoms. The molecule has 8 nitrogen and oxygen atoms in total. The Hall–Kier alpha value is -3.86. The van der Waals surface area contributed by atoms with Gasteiger partial charge in [-0.3, -0.25) is 14.5 Å². The number of benzene rings is 3. The van der Waals surface area contributed by atoms with Crippen molar-refractivity contribution in [1.82, 2.24) is 10.2 Å². The topological polar surface area (TPSA) is 102 Å². The largest absolute Gasteiger partial charge is 0.507 e. The van der Waals surface area contributed by atoms with Gasteiger partial charge in [-0.05, 0) is 48.4 Å². The molecule has 0 bridgehead atoms. The summed E-state index contributed by atoms with van der Waals surface area (Å²) < 4.78 is 11.9. The summed E-state index contributed by atoms with van der Waals surface area (Å²) in [5, 5.41) is 20.6. The van der Waals surface area contributed by atoms with E-state index in [9.17, 15) is 14.7 Å². The highest BCUT2D eigenvalue weighted by Crippen LogP contribution is 2.45. The number of aliphatic hydroxyl groups is 1. The van der Waals surface area contributed by atoms with Crippen LogP contribution in [0.2, 0.25) is 5.02 Å². The number of aliphatic hydroxyl groups excluding tert-OH is 1. The molecule has 3 aromatic carbocycles. The minimum Gasteiger partial charge on any atom is -0.507 e. The smallest absolute Gasteiger partial charge is 0.301 e. The molecular formula is C29H22ClN3O5S2. The predicted molar refractivity (Wildman–Crippen MR) is 154 cm³/mol. The van der Waals surface area contributed by atoms with Crippen LogP contribution in [0.3, 0.4) is 0 Å². The lowest BCUT2D eigenvalue weighted by molar-refractivity contribution is -0.132. The number of nitrogens with zero attached hydrogens (tertiary/aromatic N) is 3. The van der Waals surface area contributed by atoms with Gasteiger partial charge in [0.25, 0.3) is 5.78 Å². The number of hydrogen-bond acceptors (Lipinski definition) is 9. The summed E-state index contributed by atoms with van der Waals surface area (Å²) in [4.78, 5) is 28.2. The average Bonchev–Trinajstić information content (AvgIpc) is 3.54. The highest BCUT2D eigenvalue weighted by atomic mass is 35.5. The molecule has 0 spiro atoms. The number of rotatable bonds is 6. The van der Waals surface area contributed by atoms with E-state index in [1.807, 2.05) is 19.1 Å². The molecule has 11 heteroatoms. The van der Waals surface area contributed by atoms with Crippen molar-refractivity contribution in [3.8, 4) is 11.5 Å². The molecule has 0 unspecified atom stereocenters. The zero-order valence-corrected chi connectivity index (χ0v) is 23.6. The van der Waals surface area contributed by atoms with Gasteiger partial charge in [0.05, 0.1) is 11.6 Å². The highest BCUT2D eigenvalue weighted by Gasteiger charge is 2.48. The second-order valence-electron chi connectivity index (χ2n) is 9.21. The van der Waals surface area contributed by atoms with Gasteiger partial charge in [0.15, 0.2) is 15.8 Å². The number of carbonyl (C=O) groups is 2. The van der Waals surface area contributed by atoms with E-state index in [-0.39, 0.29) is 16.5 Å². The van der Waals surface area contributed by atoms with E-state index >= 15 is 0 Å². The van der Waals surface area contributed by atoms with Crippen molar-refractivity contribution in [3.05, 3.63) is 99.6 Å². The lowest BCUT2D eigenvalue weighted by atomic mass is 9.95. The SMILES string of the molecule is Cc1ccc(CSc2nnc(N3C(=O)C(=O)C(=C(O)c4ccc5c(c4)OCCO5)[C@@H]3c3cccc(Cl)c3)s2)cc1. The maximum atomic E-state index is 13.5. The van der Waals surface area contributed by atoms with Gasteiger partial charge in [-0.15, -0.1) is 10.2 Å². The second kappa shape index (κ2) is 11.0. The first kappa shape index (κ1) is 26.4. The first-order valence-electron chi connectivity index (χ1n) is 12.4. The highest BCUT2D eigenvalue weighted by molar-refractivity contribution is 8.00. The van der Waals surface area contributed by atoms with Crippen LogP contribution in [0.15, 0.2) is 76.6 Å². The Morgan fingerprint density at radius 1 is 1.05 bits per heavy atom. The molecule has 1 N–H and O–H groups in total. The summed E-state index contributed by atoms with van der Waals surface area (Å²) >= 11 is 9.00. The van der Waals surface area contributed by atoms with E-state index in [4.69, 9.17) is 21.1 Å². The van der Waals surface area contributed by atoms with E-state index in [2.05, 4.69) is 22.3 Å². The third-order valence-corrected chi connectivity index (χ3v) is 8.87. The van der Waals surface area contributed by atoms with Crippen molar-refractivity contribution in [2.24, 2.45) is 0 Å². The summed E-state index contributed by atoms with van der Waals surface area (Å²) in [6, 6.07) is 19.0. The summed E-state index contributed by atoms with van der Waals surface area (Å²) in [6.07, 6.45) is 0. The van der Waals surface area contributed by atoms with E-state index in [1.54, 1.807) is 42.5 Å². The fourth-order valence-electron chi connectivity index (χ4n) is 4.56. The van der Waals surface area contributed by atoms with Gasteiger partial charge in [-0.25, -0.2) is 0 Å². The Labute approximate surface area is 243 Å². The lowest BCUT2D eigenvalue weighted by Gasteiger charge is -2.23. The predicted octanol–water partition coefficient (Wildman–Crippen LogP) is 6.19. The van der Waals surface area contributed by atoms with Crippen molar-refractivity contribution in [3.63, 3.8) is 0 Å². The number of thioether (sulfide) groups is 1. The number of ether oxygens (including phenoxy) is 2. The molecule has 6 rings (SSSR count). The maximum absolute atomic E-state index is 13.5. The van der Waals surface area contributed by atoms with E-state index in [0.29, 0.717) is 51.0 Å². The number of Topliss-reactive ketones (excluding diaryl/α,β-unsaturated/α-hetero) is 1. The average molecular weight is 592 g/mol. The first-order chi connectivity index (χ1) is 19.4. The zero-order valence-electron chi connectivity index (χ0n) is 21.2. The molecule has 1 amide bonds. The maximum Gasteiger partial charge on any atom is 0.301 e. The van der Waals surface area contributed by atoms with Crippen molar-refractivity contribution >= 4 is 57.3 Å². The van der Waals surface area contributed by atoms with Crippen molar-refractivity contribution in [2.45, 2.75) is 23.1 Å². The second-order valence-corrected chi connectivity index (χ2v) is 11.8. The van der Waals surface area contributed by atoms with Crippen LogP contribution in [-0.4, -0.2) is 40.2 Å². The van der Waals surface area contributed by atoms with E-state index < -0.39 is 17.7 Å². The quantitative estimate of drug-likeness (QED) is 0.0931. The fraction of sp³-hybridized carbons (Fsp3) is 0.172. The number of aryl methyl sites for hydroxylation is 1. The van der Waals surface area contributed by atoms with Gasteiger partial charge < -0.3 is 14.6 Å². The Morgan fingerprint density at radius 2 is 1.82 bits per heavy atom. The molecule has 1 atom stereocenters. The number of ketones is 1. The Balaban J connectivity index is 1.38. The number of anilines is 1. The van der Waals surface area contributed by atoms with Crippen molar-refractivity contribution in [2.75, 3.05) is 18.1 Å². The minimum atomic E-state index is -0.963. The van der Waals surface area contributed by atoms with Crippen LogP contribution < -0.4 is 14.4 Å². The Bertz CT molecular complexity index is 1650. The third kappa shape index (κ3) is 5.05. The molecule has 1 saturated heterocycles. The number of aromatic nitrogens is 2. The fourth-order valence-corrected chi connectivity index (χ4v) is 6.58. The number of amides is 1. The number of fused-ring (bicyclic) bond motifs is 1. The minimum absolute atomic E-state index is 0.0759. The molecule has 0 radical (unpaired) electrons.